The molecule has 2 amide bonds. The molecular formula is C18H22N4O2. The highest BCUT2D eigenvalue weighted by Gasteiger charge is 2.20. The van der Waals surface area contributed by atoms with Gasteiger partial charge in [0.05, 0.1) is 5.69 Å². The van der Waals surface area contributed by atoms with Crippen LogP contribution in [0.4, 0.5) is 10.6 Å². The fourth-order valence-corrected chi connectivity index (χ4v) is 2.82. The molecule has 0 aliphatic heterocycles. The van der Waals surface area contributed by atoms with Crippen LogP contribution in [0.3, 0.4) is 0 Å². The predicted octanol–water partition coefficient (Wildman–Crippen LogP) is 2.55. The first kappa shape index (κ1) is 16.3. The number of carbonyl (C=O) groups is 1. The quantitative estimate of drug-likeness (QED) is 0.756. The van der Waals surface area contributed by atoms with Crippen LogP contribution in [0.1, 0.15) is 17.7 Å². The zero-order chi connectivity index (χ0) is 17.1. The predicted molar refractivity (Wildman–Crippen MR) is 93.3 cm³/mol. The molecule has 3 N–H and O–H groups in total. The minimum absolute atomic E-state index is 0.0533. The number of urea groups is 1. The van der Waals surface area contributed by atoms with Gasteiger partial charge in [0.15, 0.2) is 5.82 Å². The Bertz CT molecular complexity index is 749. The van der Waals surface area contributed by atoms with Crippen LogP contribution in [-0.2, 0) is 0 Å². The Morgan fingerprint density at radius 2 is 2.04 bits per heavy atom. The van der Waals surface area contributed by atoms with Gasteiger partial charge < -0.3 is 10.4 Å². The maximum Gasteiger partial charge on any atom is 0.320 e. The molecule has 0 saturated heterocycles. The van der Waals surface area contributed by atoms with E-state index in [9.17, 15) is 4.79 Å². The van der Waals surface area contributed by atoms with E-state index in [1.165, 1.54) is 5.56 Å². The molecule has 0 unspecified atom stereocenters. The number of nitrogens with one attached hydrogen (secondary N) is 2. The van der Waals surface area contributed by atoms with E-state index in [1.54, 1.807) is 4.68 Å². The van der Waals surface area contributed by atoms with Crippen LogP contribution >= 0.6 is 0 Å². The topological polar surface area (TPSA) is 79.2 Å². The van der Waals surface area contributed by atoms with E-state index in [-0.39, 0.29) is 24.6 Å². The van der Waals surface area contributed by atoms with Gasteiger partial charge in [0.2, 0.25) is 0 Å². The molecular weight excluding hydrogens is 304 g/mol. The van der Waals surface area contributed by atoms with Gasteiger partial charge >= 0.3 is 6.03 Å². The van der Waals surface area contributed by atoms with Gasteiger partial charge in [-0.2, -0.15) is 0 Å². The first-order chi connectivity index (χ1) is 11.5. The maximum atomic E-state index is 12.1. The van der Waals surface area contributed by atoms with E-state index >= 15 is 0 Å². The number of hydrogen-bond donors (Lipinski definition) is 3. The van der Waals surface area contributed by atoms with E-state index in [0.717, 1.165) is 17.8 Å². The summed E-state index contributed by atoms with van der Waals surface area (Å²) in [5.74, 6) is 0.629. The van der Waals surface area contributed by atoms with Gasteiger partial charge in [-0.25, -0.2) is 9.48 Å². The fourth-order valence-electron chi connectivity index (χ4n) is 2.82. The fraction of sp³-hybridized carbons (Fsp3) is 0.333. The molecule has 1 aliphatic carbocycles. The van der Waals surface area contributed by atoms with Gasteiger partial charge in [-0.1, -0.05) is 29.8 Å². The first-order valence-electron chi connectivity index (χ1n) is 8.05. The third-order valence-corrected chi connectivity index (χ3v) is 4.13. The average Bonchev–Trinajstić information content (AvgIpc) is 3.14. The highest BCUT2D eigenvalue weighted by atomic mass is 16.3. The molecule has 0 bridgehead atoms. The highest BCUT2D eigenvalue weighted by Crippen LogP contribution is 2.18. The van der Waals surface area contributed by atoms with E-state index in [0.29, 0.717) is 5.82 Å². The standard InChI is InChI=1S/C18H22N4O2/c1-12-3-7-16(8-4-12)22-13(2)9-17(21-22)20-18(24)19-15-6-5-14(10-15)11-23/h3-9,14-15,23H,10-11H2,1-2H3,(H2,19,20,21,24)/t14-,15+/m0/s1. The number of benzene rings is 1. The molecule has 2 aromatic rings. The summed E-state index contributed by atoms with van der Waals surface area (Å²) in [6, 6.07) is 9.54. The van der Waals surface area contributed by atoms with Crippen molar-refractivity contribution in [3.63, 3.8) is 0 Å². The van der Waals surface area contributed by atoms with Crippen LogP contribution in [-0.4, -0.2) is 33.6 Å². The van der Waals surface area contributed by atoms with Crippen molar-refractivity contribution in [2.75, 3.05) is 11.9 Å². The molecule has 1 heterocycles. The van der Waals surface area contributed by atoms with Gasteiger partial charge in [0, 0.05) is 30.3 Å². The number of rotatable bonds is 4. The van der Waals surface area contributed by atoms with Gasteiger partial charge in [-0.15, -0.1) is 5.10 Å². The molecule has 2 atom stereocenters. The molecule has 6 nitrogen and oxygen atoms in total. The number of aliphatic hydroxyl groups is 1. The van der Waals surface area contributed by atoms with E-state index < -0.39 is 0 Å². The molecule has 1 aromatic heterocycles. The lowest BCUT2D eigenvalue weighted by molar-refractivity contribution is 0.238. The van der Waals surface area contributed by atoms with Crippen molar-refractivity contribution in [2.45, 2.75) is 26.3 Å². The van der Waals surface area contributed by atoms with Gasteiger partial charge in [0.1, 0.15) is 0 Å². The molecule has 0 saturated carbocycles. The normalized spacial score (nSPS) is 19.5. The highest BCUT2D eigenvalue weighted by molar-refractivity contribution is 5.88. The second kappa shape index (κ2) is 6.88. The van der Waals surface area contributed by atoms with Crippen LogP contribution in [0, 0.1) is 19.8 Å². The van der Waals surface area contributed by atoms with E-state index in [4.69, 9.17) is 5.11 Å². The van der Waals surface area contributed by atoms with Crippen molar-refractivity contribution in [1.29, 1.82) is 0 Å². The van der Waals surface area contributed by atoms with Crippen LogP contribution in [0.2, 0.25) is 0 Å². The van der Waals surface area contributed by atoms with Crippen LogP contribution in [0.15, 0.2) is 42.5 Å². The minimum atomic E-state index is -0.295. The summed E-state index contributed by atoms with van der Waals surface area (Å²) in [4.78, 5) is 12.1. The lowest BCUT2D eigenvalue weighted by atomic mass is 10.1. The molecule has 24 heavy (non-hydrogen) atoms. The van der Waals surface area contributed by atoms with Crippen LogP contribution < -0.4 is 10.6 Å². The van der Waals surface area contributed by atoms with Crippen molar-refractivity contribution < 1.29 is 9.90 Å². The zero-order valence-corrected chi connectivity index (χ0v) is 13.9. The van der Waals surface area contributed by atoms with Crippen molar-refractivity contribution in [3.8, 4) is 5.69 Å². The average molecular weight is 326 g/mol. The number of nitrogens with zero attached hydrogens (tertiary/aromatic N) is 2. The lowest BCUT2D eigenvalue weighted by Gasteiger charge is -2.12. The Morgan fingerprint density at radius 3 is 2.71 bits per heavy atom. The summed E-state index contributed by atoms with van der Waals surface area (Å²) in [6.45, 7) is 4.09. The summed E-state index contributed by atoms with van der Waals surface area (Å²) in [5, 5.41) is 19.2. The molecule has 0 spiro atoms. The SMILES string of the molecule is Cc1ccc(-n2nc(NC(=O)N[C@@H]3C=C[C@H](CO)C3)cc2C)cc1. The summed E-state index contributed by atoms with van der Waals surface area (Å²) in [7, 11) is 0. The Balaban J connectivity index is 1.64. The Labute approximate surface area is 141 Å². The molecule has 126 valence electrons. The van der Waals surface area contributed by atoms with Crippen molar-refractivity contribution in [1.82, 2.24) is 15.1 Å². The number of aryl methyl sites for hydroxylation is 2. The second-order valence-corrected chi connectivity index (χ2v) is 6.19. The second-order valence-electron chi connectivity index (χ2n) is 6.19. The Morgan fingerprint density at radius 1 is 1.29 bits per heavy atom. The number of amides is 2. The van der Waals surface area contributed by atoms with E-state index in [1.807, 2.05) is 56.3 Å². The van der Waals surface area contributed by atoms with Crippen molar-refractivity contribution in [2.24, 2.45) is 5.92 Å². The maximum absolute atomic E-state index is 12.1. The zero-order valence-electron chi connectivity index (χ0n) is 13.9. The molecule has 1 aromatic carbocycles. The summed E-state index contributed by atoms with van der Waals surface area (Å²) >= 11 is 0. The number of hydrogen-bond acceptors (Lipinski definition) is 3. The van der Waals surface area contributed by atoms with Crippen molar-refractivity contribution in [3.05, 3.63) is 53.7 Å². The molecule has 6 heteroatoms. The molecule has 3 rings (SSSR count). The largest absolute Gasteiger partial charge is 0.396 e. The Kier molecular flexibility index (Phi) is 4.66. The molecule has 0 fully saturated rings. The van der Waals surface area contributed by atoms with Gasteiger partial charge in [0.25, 0.3) is 0 Å². The summed E-state index contributed by atoms with van der Waals surface area (Å²) in [6.07, 6.45) is 4.57. The number of aliphatic hydroxyl groups excluding tert-OH is 1. The number of anilines is 1. The van der Waals surface area contributed by atoms with Crippen LogP contribution in [0.25, 0.3) is 5.69 Å². The van der Waals surface area contributed by atoms with E-state index in [2.05, 4.69) is 15.7 Å². The molecule has 0 radical (unpaired) electrons. The van der Waals surface area contributed by atoms with Crippen molar-refractivity contribution >= 4 is 11.8 Å². The third-order valence-electron chi connectivity index (χ3n) is 4.13. The minimum Gasteiger partial charge on any atom is -0.396 e. The monoisotopic (exact) mass is 326 g/mol. The number of carbonyl (C=O) groups excluding carboxylic acids is 1. The molecule has 1 aliphatic rings. The van der Waals surface area contributed by atoms with Crippen LogP contribution in [0.5, 0.6) is 0 Å². The lowest BCUT2D eigenvalue weighted by Crippen LogP contribution is -2.36. The van der Waals surface area contributed by atoms with Gasteiger partial charge in [-0.05, 0) is 32.4 Å². The van der Waals surface area contributed by atoms with Gasteiger partial charge in [-0.3, -0.25) is 5.32 Å². The number of aromatic nitrogens is 2. The third kappa shape index (κ3) is 3.65. The summed E-state index contributed by atoms with van der Waals surface area (Å²) < 4.78 is 1.80. The summed E-state index contributed by atoms with van der Waals surface area (Å²) in [5.41, 5.74) is 3.08. The first-order valence-corrected chi connectivity index (χ1v) is 8.05. The smallest absolute Gasteiger partial charge is 0.320 e. The Hall–Kier alpha value is -2.60.